The summed E-state index contributed by atoms with van der Waals surface area (Å²) >= 11 is 2.00. The Morgan fingerprint density at radius 1 is 1.11 bits per heavy atom. The van der Waals surface area contributed by atoms with Crippen molar-refractivity contribution in [2.75, 3.05) is 62.4 Å². The Balaban J connectivity index is 1.23. The molecule has 1 aromatic carbocycles. The second-order valence-corrected chi connectivity index (χ2v) is 12.8. The summed E-state index contributed by atoms with van der Waals surface area (Å²) in [6.45, 7) is 6.94. The quantitative estimate of drug-likeness (QED) is 0.314. The third kappa shape index (κ3) is 6.38. The molecular formula is C33H34N8O3S. The van der Waals surface area contributed by atoms with Gasteiger partial charge >= 0.3 is 0 Å². The Bertz CT molecular complexity index is 1900. The molecule has 45 heavy (non-hydrogen) atoms. The topological polar surface area (TPSA) is 114 Å². The van der Waals surface area contributed by atoms with Gasteiger partial charge in [-0.2, -0.15) is 16.7 Å². The second-order valence-electron chi connectivity index (χ2n) is 11.4. The third-order valence-electron chi connectivity index (χ3n) is 8.22. The van der Waals surface area contributed by atoms with E-state index in [0.29, 0.717) is 65.7 Å². The van der Waals surface area contributed by atoms with Crippen LogP contribution in [-0.2, 0) is 11.3 Å². The first-order valence-electron chi connectivity index (χ1n) is 15.1. The van der Waals surface area contributed by atoms with Crippen LogP contribution in [0.15, 0.2) is 68.3 Å². The molecule has 11 nitrogen and oxygen atoms in total. The maximum Gasteiger partial charge on any atom is 0.268 e. The number of nitrogens with one attached hydrogen (secondary N) is 1. The summed E-state index contributed by atoms with van der Waals surface area (Å²) < 4.78 is 12.8. The summed E-state index contributed by atoms with van der Waals surface area (Å²) in [5.41, 5.74) is 5.32. The standard InChI is InChI=1S/C33H34N8O3S/c1-22-9-10-34-28(22)8-5-24-17-25-18-35-33(37-27-6-3-23(4-7-27)29-21-39(2)13-16-45-29)38-30(25)41(31(24)42)20-26-19-36-44-32(26)40-11-14-43-15-12-40/h3-4,6-7,10,17-19,29H,9,11-16,20-21H2,1-2H3,(H,35,37,38). The maximum absolute atomic E-state index is 14.0. The Hall–Kier alpha value is -4.44. The first-order chi connectivity index (χ1) is 22.0. The van der Waals surface area contributed by atoms with Gasteiger partial charge in [0.2, 0.25) is 11.8 Å². The Labute approximate surface area is 265 Å². The number of aliphatic imine (C=N–C) groups is 1. The van der Waals surface area contributed by atoms with E-state index in [1.165, 1.54) is 5.56 Å². The molecule has 0 radical (unpaired) electrons. The number of ether oxygens (including phenoxy) is 1. The van der Waals surface area contributed by atoms with Crippen molar-refractivity contribution < 1.29 is 9.26 Å². The van der Waals surface area contributed by atoms with Crippen LogP contribution in [0.1, 0.15) is 35.3 Å². The summed E-state index contributed by atoms with van der Waals surface area (Å²) in [6, 6.07) is 10.2. The molecule has 4 aromatic rings. The number of nitrogens with zero attached hydrogens (tertiary/aromatic N) is 7. The molecule has 0 bridgehead atoms. The lowest BCUT2D eigenvalue weighted by Gasteiger charge is -2.29. The van der Waals surface area contributed by atoms with E-state index in [1.54, 1.807) is 23.0 Å². The molecule has 0 amide bonds. The number of hydrogen-bond donors (Lipinski definition) is 1. The Kier molecular flexibility index (Phi) is 8.39. The number of hydrogen-bond acceptors (Lipinski definition) is 11. The minimum atomic E-state index is -0.256. The number of thioether (sulfide) groups is 1. The molecule has 3 aliphatic rings. The van der Waals surface area contributed by atoms with Gasteiger partial charge in [0.25, 0.3) is 5.56 Å². The molecule has 0 aliphatic carbocycles. The van der Waals surface area contributed by atoms with E-state index in [1.807, 2.05) is 24.9 Å². The van der Waals surface area contributed by atoms with Gasteiger partial charge in [0.05, 0.1) is 37.1 Å². The van der Waals surface area contributed by atoms with Gasteiger partial charge in [-0.15, -0.1) is 0 Å². The van der Waals surface area contributed by atoms with E-state index in [0.717, 1.165) is 42.1 Å². The lowest BCUT2D eigenvalue weighted by atomic mass is 10.1. The van der Waals surface area contributed by atoms with E-state index >= 15 is 0 Å². The summed E-state index contributed by atoms with van der Waals surface area (Å²) in [6.07, 6.45) is 5.99. The fraction of sp³-hybridized carbons (Fsp3) is 0.364. The highest BCUT2D eigenvalue weighted by Gasteiger charge is 2.22. The van der Waals surface area contributed by atoms with Crippen molar-refractivity contribution in [3.8, 4) is 11.8 Å². The number of fused-ring (bicyclic) bond motifs is 1. The van der Waals surface area contributed by atoms with Gasteiger partial charge in [-0.3, -0.25) is 14.4 Å². The van der Waals surface area contributed by atoms with Crippen molar-refractivity contribution >= 4 is 46.5 Å². The summed E-state index contributed by atoms with van der Waals surface area (Å²) in [5.74, 6) is 8.31. The average Bonchev–Trinajstić information content (AvgIpc) is 3.71. The molecule has 3 aromatic heterocycles. The zero-order valence-corrected chi connectivity index (χ0v) is 26.1. The highest BCUT2D eigenvalue weighted by molar-refractivity contribution is 7.99. The number of allylic oxidation sites excluding steroid dienone is 2. The number of benzene rings is 1. The van der Waals surface area contributed by atoms with Crippen molar-refractivity contribution in [2.45, 2.75) is 25.1 Å². The van der Waals surface area contributed by atoms with E-state index in [2.05, 4.69) is 73.4 Å². The number of rotatable bonds is 6. The fourth-order valence-electron chi connectivity index (χ4n) is 5.65. The highest BCUT2D eigenvalue weighted by Crippen LogP contribution is 2.33. The number of pyridine rings is 1. The lowest BCUT2D eigenvalue weighted by molar-refractivity contribution is 0.120. The summed E-state index contributed by atoms with van der Waals surface area (Å²) in [7, 11) is 2.17. The molecule has 1 atom stereocenters. The molecule has 0 spiro atoms. The van der Waals surface area contributed by atoms with Crippen molar-refractivity contribution in [1.82, 2.24) is 24.6 Å². The van der Waals surface area contributed by atoms with E-state index in [-0.39, 0.29) is 12.1 Å². The Morgan fingerprint density at radius 3 is 2.73 bits per heavy atom. The van der Waals surface area contributed by atoms with Crippen molar-refractivity contribution in [3.63, 3.8) is 0 Å². The third-order valence-corrected chi connectivity index (χ3v) is 9.46. The van der Waals surface area contributed by atoms with Gasteiger partial charge in [0.15, 0.2) is 0 Å². The molecule has 2 fully saturated rings. The van der Waals surface area contributed by atoms with Gasteiger partial charge in [-0.1, -0.05) is 23.2 Å². The van der Waals surface area contributed by atoms with Gasteiger partial charge < -0.3 is 24.4 Å². The molecule has 230 valence electrons. The van der Waals surface area contributed by atoms with Crippen molar-refractivity contribution in [2.24, 2.45) is 4.99 Å². The largest absolute Gasteiger partial charge is 0.378 e. The van der Waals surface area contributed by atoms with Crippen LogP contribution in [0.2, 0.25) is 0 Å². The molecule has 2 saturated heterocycles. The molecule has 0 saturated carbocycles. The first-order valence-corrected chi connectivity index (χ1v) is 16.1. The van der Waals surface area contributed by atoms with Crippen LogP contribution in [0.5, 0.6) is 0 Å². The number of anilines is 3. The summed E-state index contributed by atoms with van der Waals surface area (Å²) in [5, 5.41) is 8.55. The SMILES string of the molecule is CC1=C(C#Cc2cc3cnc(Nc4ccc(C5CN(C)CCS5)cc4)nc3n(Cc3cnoc3N3CCOCC3)c2=O)N=CC1. The predicted molar refractivity (Wildman–Crippen MR) is 178 cm³/mol. The van der Waals surface area contributed by atoms with Crippen LogP contribution in [0.3, 0.4) is 0 Å². The monoisotopic (exact) mass is 622 g/mol. The molecule has 1 unspecified atom stereocenters. The first kappa shape index (κ1) is 29.3. The van der Waals surface area contributed by atoms with Gasteiger partial charge in [0.1, 0.15) is 11.3 Å². The van der Waals surface area contributed by atoms with Crippen LogP contribution >= 0.6 is 11.8 Å². The van der Waals surface area contributed by atoms with Crippen LogP contribution in [-0.4, -0.2) is 83.0 Å². The van der Waals surface area contributed by atoms with E-state index in [4.69, 9.17) is 14.2 Å². The Morgan fingerprint density at radius 2 is 1.96 bits per heavy atom. The minimum Gasteiger partial charge on any atom is -0.378 e. The molecule has 3 aliphatic heterocycles. The van der Waals surface area contributed by atoms with E-state index < -0.39 is 0 Å². The molecule has 7 rings (SSSR count). The molecule has 12 heteroatoms. The van der Waals surface area contributed by atoms with Crippen LogP contribution in [0.4, 0.5) is 17.5 Å². The van der Waals surface area contributed by atoms with Crippen molar-refractivity contribution in [3.05, 3.63) is 81.0 Å². The minimum absolute atomic E-state index is 0.208. The van der Waals surface area contributed by atoms with Crippen molar-refractivity contribution in [1.29, 1.82) is 0 Å². The van der Waals surface area contributed by atoms with Crippen LogP contribution in [0, 0.1) is 11.8 Å². The summed E-state index contributed by atoms with van der Waals surface area (Å²) in [4.78, 5) is 32.2. The van der Waals surface area contributed by atoms with E-state index in [9.17, 15) is 4.79 Å². The fourth-order valence-corrected chi connectivity index (χ4v) is 7.06. The van der Waals surface area contributed by atoms with Crippen LogP contribution < -0.4 is 15.8 Å². The van der Waals surface area contributed by atoms with Gasteiger partial charge in [0, 0.05) is 67.1 Å². The average molecular weight is 623 g/mol. The smallest absolute Gasteiger partial charge is 0.268 e. The predicted octanol–water partition coefficient (Wildman–Crippen LogP) is 4.23. The number of aromatic nitrogens is 4. The zero-order valence-electron chi connectivity index (χ0n) is 25.3. The van der Waals surface area contributed by atoms with Gasteiger partial charge in [-0.05, 0) is 49.2 Å². The lowest BCUT2D eigenvalue weighted by Crippen LogP contribution is -2.36. The molecule has 1 N–H and O–H groups in total. The zero-order chi connectivity index (χ0) is 30.8. The number of likely N-dealkylation sites (N-methyl/N-ethyl adjacent to an activating group) is 1. The second kappa shape index (κ2) is 12.9. The normalized spacial score (nSPS) is 18.8. The highest BCUT2D eigenvalue weighted by atomic mass is 32.2. The maximum atomic E-state index is 14.0. The molecular weight excluding hydrogens is 588 g/mol. The van der Waals surface area contributed by atoms with Crippen LogP contribution in [0.25, 0.3) is 11.0 Å². The number of morpholine rings is 1. The molecule has 6 heterocycles. The van der Waals surface area contributed by atoms with Gasteiger partial charge in [-0.25, -0.2) is 4.98 Å².